The number of fused-ring (bicyclic) bond motifs is 1. The van der Waals surface area contributed by atoms with Gasteiger partial charge in [-0.2, -0.15) is 0 Å². The summed E-state index contributed by atoms with van der Waals surface area (Å²) in [6.45, 7) is 9.23. The molecule has 1 aliphatic rings. The highest BCUT2D eigenvalue weighted by atomic mass is 32.1. The standard InChI is InChI=1S/C20H23FN6OS.C2H6/c1-11-6-16-18(29-11)17(19(28)27-5-4-15(10-27)22-3)26-20(25-16)24-12(2)13-7-14(21)9-23-8-13;1-2/h6-9,12,15,22H,4-5,10H2,1-3H3,(H,24,25,26);1-2H3/t12?,15-;/m1./s1. The minimum atomic E-state index is -0.398. The van der Waals surface area contributed by atoms with Crippen LogP contribution in [0.5, 0.6) is 0 Å². The van der Waals surface area contributed by atoms with Crippen LogP contribution in [0.15, 0.2) is 24.5 Å². The van der Waals surface area contributed by atoms with Crippen LogP contribution in [0.25, 0.3) is 10.2 Å². The van der Waals surface area contributed by atoms with Crippen LogP contribution in [0.4, 0.5) is 10.3 Å². The van der Waals surface area contributed by atoms with Crippen LogP contribution < -0.4 is 10.6 Å². The number of hydrogen-bond donors (Lipinski definition) is 2. The average Bonchev–Trinajstić information content (AvgIpc) is 3.40. The molecule has 1 aliphatic heterocycles. The third kappa shape index (κ3) is 5.16. The molecule has 7 nitrogen and oxygen atoms in total. The van der Waals surface area contributed by atoms with Gasteiger partial charge >= 0.3 is 0 Å². The number of carbonyl (C=O) groups excluding carboxylic acids is 1. The summed E-state index contributed by atoms with van der Waals surface area (Å²) in [6, 6.07) is 3.42. The highest BCUT2D eigenvalue weighted by Gasteiger charge is 2.29. The maximum atomic E-state index is 13.5. The number of nitrogens with one attached hydrogen (secondary N) is 2. The minimum absolute atomic E-state index is 0.0832. The largest absolute Gasteiger partial charge is 0.348 e. The van der Waals surface area contributed by atoms with E-state index in [-0.39, 0.29) is 11.9 Å². The van der Waals surface area contributed by atoms with E-state index in [9.17, 15) is 9.18 Å². The molecule has 0 spiro atoms. The fraction of sp³-hybridized carbons (Fsp3) is 0.455. The molecule has 1 unspecified atom stereocenters. The van der Waals surface area contributed by atoms with E-state index in [4.69, 9.17) is 0 Å². The van der Waals surface area contributed by atoms with Crippen LogP contribution in [0, 0.1) is 12.7 Å². The van der Waals surface area contributed by atoms with Gasteiger partial charge in [0.2, 0.25) is 5.95 Å². The SMILES string of the molecule is CC.CN[C@@H]1CCN(C(=O)c2nc(NC(C)c3cncc(F)c3)nc3cc(C)sc23)C1. The van der Waals surface area contributed by atoms with Gasteiger partial charge in [0, 0.05) is 30.2 Å². The second-order valence-electron chi connectivity index (χ2n) is 7.30. The Morgan fingerprint density at radius 2 is 2.06 bits per heavy atom. The quantitative estimate of drug-likeness (QED) is 0.615. The van der Waals surface area contributed by atoms with Crippen LogP contribution in [0.3, 0.4) is 0 Å². The third-order valence-electron chi connectivity index (χ3n) is 5.15. The van der Waals surface area contributed by atoms with Crippen molar-refractivity contribution in [2.75, 3.05) is 25.5 Å². The monoisotopic (exact) mass is 444 g/mol. The zero-order chi connectivity index (χ0) is 22.5. The molecule has 0 aromatic carbocycles. The number of carbonyl (C=O) groups is 1. The van der Waals surface area contributed by atoms with E-state index in [1.807, 2.05) is 45.7 Å². The highest BCUT2D eigenvalue weighted by molar-refractivity contribution is 7.19. The van der Waals surface area contributed by atoms with Crippen molar-refractivity contribution in [3.05, 3.63) is 46.5 Å². The van der Waals surface area contributed by atoms with Crippen molar-refractivity contribution in [3.8, 4) is 0 Å². The van der Waals surface area contributed by atoms with Gasteiger partial charge in [-0.25, -0.2) is 14.4 Å². The Balaban J connectivity index is 0.00000132. The number of hydrogen-bond acceptors (Lipinski definition) is 7. The number of anilines is 1. The number of aromatic nitrogens is 3. The van der Waals surface area contributed by atoms with Crippen LogP contribution >= 0.6 is 11.3 Å². The summed E-state index contributed by atoms with van der Waals surface area (Å²) >= 11 is 1.52. The highest BCUT2D eigenvalue weighted by Crippen LogP contribution is 2.29. The van der Waals surface area contributed by atoms with Crippen molar-refractivity contribution >= 4 is 33.4 Å². The molecule has 9 heteroatoms. The van der Waals surface area contributed by atoms with Gasteiger partial charge in [0.05, 0.1) is 22.5 Å². The van der Waals surface area contributed by atoms with E-state index >= 15 is 0 Å². The van der Waals surface area contributed by atoms with Crippen molar-refractivity contribution in [3.63, 3.8) is 0 Å². The molecule has 4 rings (SSSR count). The molecule has 166 valence electrons. The summed E-state index contributed by atoms with van der Waals surface area (Å²) in [5.41, 5.74) is 1.83. The van der Waals surface area contributed by atoms with E-state index in [0.29, 0.717) is 36.3 Å². The lowest BCUT2D eigenvalue weighted by Crippen LogP contribution is -2.34. The number of pyridine rings is 1. The van der Waals surface area contributed by atoms with Crippen molar-refractivity contribution < 1.29 is 9.18 Å². The van der Waals surface area contributed by atoms with Crippen molar-refractivity contribution in [2.24, 2.45) is 0 Å². The van der Waals surface area contributed by atoms with E-state index in [2.05, 4.69) is 25.6 Å². The summed E-state index contributed by atoms with van der Waals surface area (Å²) in [6.07, 6.45) is 3.69. The molecular weight excluding hydrogens is 415 g/mol. The fourth-order valence-corrected chi connectivity index (χ4v) is 4.46. The van der Waals surface area contributed by atoms with Gasteiger partial charge in [0.15, 0.2) is 5.69 Å². The van der Waals surface area contributed by atoms with Crippen LogP contribution in [-0.4, -0.2) is 51.9 Å². The molecule has 1 saturated heterocycles. The summed E-state index contributed by atoms with van der Waals surface area (Å²) in [5.74, 6) is -0.134. The van der Waals surface area contributed by atoms with Gasteiger partial charge in [0.1, 0.15) is 5.82 Å². The summed E-state index contributed by atoms with van der Waals surface area (Å²) in [4.78, 5) is 29.1. The lowest BCUT2D eigenvalue weighted by Gasteiger charge is -2.18. The Labute approximate surface area is 186 Å². The van der Waals surface area contributed by atoms with Crippen molar-refractivity contribution in [1.82, 2.24) is 25.2 Å². The molecule has 1 fully saturated rings. The summed E-state index contributed by atoms with van der Waals surface area (Å²) in [7, 11) is 1.91. The normalized spacial score (nSPS) is 16.7. The molecule has 3 aromatic heterocycles. The van der Waals surface area contributed by atoms with Crippen LogP contribution in [0.2, 0.25) is 0 Å². The Kier molecular flexibility index (Phi) is 7.50. The number of aryl methyl sites for hydroxylation is 1. The predicted octanol–water partition coefficient (Wildman–Crippen LogP) is 4.17. The van der Waals surface area contributed by atoms with Gasteiger partial charge in [-0.05, 0) is 45.0 Å². The molecule has 0 radical (unpaired) electrons. The van der Waals surface area contributed by atoms with Crippen LogP contribution in [-0.2, 0) is 0 Å². The van der Waals surface area contributed by atoms with Gasteiger partial charge < -0.3 is 15.5 Å². The maximum Gasteiger partial charge on any atom is 0.274 e. The van der Waals surface area contributed by atoms with Gasteiger partial charge in [-0.15, -0.1) is 11.3 Å². The smallest absolute Gasteiger partial charge is 0.274 e. The van der Waals surface area contributed by atoms with Crippen LogP contribution in [0.1, 0.15) is 54.2 Å². The van der Waals surface area contributed by atoms with E-state index in [1.165, 1.54) is 17.4 Å². The molecule has 0 saturated carbocycles. The molecule has 0 aliphatic carbocycles. The number of halogens is 1. The number of thiophene rings is 1. The topological polar surface area (TPSA) is 83.0 Å². The molecule has 31 heavy (non-hydrogen) atoms. The van der Waals surface area contributed by atoms with Gasteiger partial charge in [-0.1, -0.05) is 13.8 Å². The second kappa shape index (κ2) is 10.1. The first-order chi connectivity index (χ1) is 14.9. The number of likely N-dealkylation sites (tertiary alicyclic amines) is 1. The molecule has 3 aromatic rings. The van der Waals surface area contributed by atoms with E-state index in [0.717, 1.165) is 27.7 Å². The predicted molar refractivity (Wildman–Crippen MR) is 123 cm³/mol. The van der Waals surface area contributed by atoms with Crippen molar-refractivity contribution in [2.45, 2.75) is 46.2 Å². The molecule has 2 N–H and O–H groups in total. The lowest BCUT2D eigenvalue weighted by atomic mass is 10.1. The van der Waals surface area contributed by atoms with Gasteiger partial charge in [0.25, 0.3) is 5.91 Å². The zero-order valence-electron chi connectivity index (χ0n) is 18.6. The summed E-state index contributed by atoms with van der Waals surface area (Å²) in [5, 5.41) is 6.41. The molecule has 2 atom stereocenters. The number of likely N-dealkylation sites (N-methyl/N-ethyl adjacent to an activating group) is 1. The summed E-state index contributed by atoms with van der Waals surface area (Å²) < 4.78 is 14.3. The number of amides is 1. The van der Waals surface area contributed by atoms with Gasteiger partial charge in [-0.3, -0.25) is 9.78 Å². The molecule has 4 heterocycles. The number of nitrogens with zero attached hydrogens (tertiary/aromatic N) is 4. The molecule has 1 amide bonds. The third-order valence-corrected chi connectivity index (χ3v) is 6.20. The Morgan fingerprint density at radius 3 is 2.74 bits per heavy atom. The zero-order valence-corrected chi connectivity index (χ0v) is 19.4. The maximum absolute atomic E-state index is 13.5. The second-order valence-corrected chi connectivity index (χ2v) is 8.55. The Morgan fingerprint density at radius 1 is 1.29 bits per heavy atom. The van der Waals surface area contributed by atoms with E-state index < -0.39 is 5.82 Å². The first-order valence-corrected chi connectivity index (χ1v) is 11.4. The molecular formula is C22H29FN6OS. The molecule has 0 bridgehead atoms. The minimum Gasteiger partial charge on any atom is -0.348 e. The Hall–Kier alpha value is -2.65. The fourth-order valence-electron chi connectivity index (χ4n) is 3.53. The first-order valence-electron chi connectivity index (χ1n) is 10.6. The number of rotatable bonds is 5. The average molecular weight is 445 g/mol. The van der Waals surface area contributed by atoms with Crippen molar-refractivity contribution in [1.29, 1.82) is 0 Å². The first kappa shape index (κ1) is 23.0. The Bertz CT molecular complexity index is 1060. The lowest BCUT2D eigenvalue weighted by molar-refractivity contribution is 0.0786. The van der Waals surface area contributed by atoms with E-state index in [1.54, 1.807) is 6.20 Å².